The number of ether oxygens (including phenoxy) is 2. The number of methoxy groups -OCH3 is 1. The number of aromatic nitrogens is 8. The highest BCUT2D eigenvalue weighted by Crippen LogP contribution is 2.45. The van der Waals surface area contributed by atoms with Crippen molar-refractivity contribution in [3.05, 3.63) is 59.3 Å². The number of nitriles is 1. The van der Waals surface area contributed by atoms with Gasteiger partial charge in [0.2, 0.25) is 11.8 Å². The van der Waals surface area contributed by atoms with Crippen LogP contribution in [0.1, 0.15) is 48.2 Å². The highest BCUT2D eigenvalue weighted by Gasteiger charge is 2.36. The fourth-order valence-corrected chi connectivity index (χ4v) is 5.03. The SMILES string of the molecule is CCn1cc(C(F)(F)F)nc1-c1ncc(COc2nc(-c3c(OC)ncnc3C3CC3)nc3c2c(C#N)cn3SF)cc1F. The van der Waals surface area contributed by atoms with Crippen LogP contribution >= 0.6 is 12.3 Å². The Morgan fingerprint density at radius 3 is 2.55 bits per heavy atom. The lowest BCUT2D eigenvalue weighted by molar-refractivity contribution is -0.140. The average Bonchev–Trinajstić information content (AvgIpc) is 3.66. The number of alkyl halides is 3. The van der Waals surface area contributed by atoms with E-state index in [9.17, 15) is 22.3 Å². The van der Waals surface area contributed by atoms with Gasteiger partial charge in [0.1, 0.15) is 30.3 Å². The van der Waals surface area contributed by atoms with Crippen LogP contribution in [0.15, 0.2) is 31.0 Å². The summed E-state index contributed by atoms with van der Waals surface area (Å²) in [6.07, 6.45) is 1.69. The molecule has 1 saturated carbocycles. The van der Waals surface area contributed by atoms with Gasteiger partial charge in [-0.25, -0.2) is 33.3 Å². The van der Waals surface area contributed by atoms with E-state index >= 15 is 4.39 Å². The van der Waals surface area contributed by atoms with Crippen molar-refractivity contribution in [2.24, 2.45) is 0 Å². The molecule has 0 N–H and O–H groups in total. The van der Waals surface area contributed by atoms with E-state index in [1.807, 2.05) is 6.07 Å². The van der Waals surface area contributed by atoms with Gasteiger partial charge >= 0.3 is 6.18 Å². The minimum atomic E-state index is -4.71. The Kier molecular flexibility index (Phi) is 7.53. The first kappa shape index (κ1) is 29.2. The highest BCUT2D eigenvalue weighted by molar-refractivity contribution is 7.92. The molecule has 1 fully saturated rings. The van der Waals surface area contributed by atoms with Crippen LogP contribution in [0, 0.1) is 17.1 Å². The molecule has 0 radical (unpaired) electrons. The molecule has 6 rings (SSSR count). The average molecular weight is 630 g/mol. The molecule has 0 aliphatic heterocycles. The third-order valence-electron chi connectivity index (χ3n) is 6.89. The molecule has 5 aromatic heterocycles. The second kappa shape index (κ2) is 11.3. The Morgan fingerprint density at radius 1 is 1.11 bits per heavy atom. The van der Waals surface area contributed by atoms with Gasteiger partial charge in [-0.05, 0) is 25.8 Å². The maximum absolute atomic E-state index is 15.2. The third kappa shape index (κ3) is 5.25. The van der Waals surface area contributed by atoms with Crippen LogP contribution in [0.4, 0.5) is 21.4 Å². The second-order valence-corrected chi connectivity index (χ2v) is 10.2. The van der Waals surface area contributed by atoms with Crippen LogP contribution in [0.25, 0.3) is 33.9 Å². The first-order chi connectivity index (χ1) is 21.2. The summed E-state index contributed by atoms with van der Waals surface area (Å²) in [6.45, 7) is 1.38. The lowest BCUT2D eigenvalue weighted by Crippen LogP contribution is -2.06. The standard InChI is InChI=1S/C27H20F5N9O2S/c1-3-40-10-17(27(29,30)31)37-24(40)21-16(28)6-13(8-34-21)11-43-26-18-15(7-33)9-41(44-32)23(18)38-22(39-26)19-20(14-4-5-14)35-12-36-25(19)42-2/h6,8-10,12,14H,3-5,11H2,1-2H3. The zero-order valence-corrected chi connectivity index (χ0v) is 23.7. The van der Waals surface area contributed by atoms with Crippen molar-refractivity contribution in [3.63, 3.8) is 0 Å². The Labute approximate surface area is 250 Å². The number of nitrogens with zero attached hydrogens (tertiary/aromatic N) is 9. The molecule has 0 unspecified atom stereocenters. The predicted molar refractivity (Wildman–Crippen MR) is 146 cm³/mol. The summed E-state index contributed by atoms with van der Waals surface area (Å²) < 4.78 is 82.4. The summed E-state index contributed by atoms with van der Waals surface area (Å²) in [7, 11) is 1.43. The molecule has 17 heteroatoms. The van der Waals surface area contributed by atoms with Crippen molar-refractivity contribution in [2.75, 3.05) is 7.11 Å². The topological polar surface area (TPSA) is 129 Å². The van der Waals surface area contributed by atoms with Crippen LogP contribution in [0.2, 0.25) is 0 Å². The fraction of sp³-hybridized carbons (Fsp3) is 0.296. The second-order valence-electron chi connectivity index (χ2n) is 9.71. The summed E-state index contributed by atoms with van der Waals surface area (Å²) in [5.41, 5.74) is -0.239. The smallest absolute Gasteiger partial charge is 0.434 e. The van der Waals surface area contributed by atoms with E-state index in [0.717, 1.165) is 33.6 Å². The molecule has 1 aliphatic rings. The first-order valence-corrected chi connectivity index (χ1v) is 13.8. The number of aryl methyl sites for hydroxylation is 1. The Bertz CT molecular complexity index is 1930. The summed E-state index contributed by atoms with van der Waals surface area (Å²) in [6, 6.07) is 3.02. The van der Waals surface area contributed by atoms with Gasteiger partial charge in [0.15, 0.2) is 41.1 Å². The molecule has 0 spiro atoms. The van der Waals surface area contributed by atoms with Crippen LogP contribution in [0.3, 0.4) is 0 Å². The fourth-order valence-electron chi connectivity index (χ4n) is 4.69. The Morgan fingerprint density at radius 2 is 1.91 bits per heavy atom. The molecule has 0 bridgehead atoms. The normalized spacial score (nSPS) is 13.3. The van der Waals surface area contributed by atoms with Gasteiger partial charge in [-0.1, -0.05) is 0 Å². The predicted octanol–water partition coefficient (Wildman–Crippen LogP) is 6.04. The maximum Gasteiger partial charge on any atom is 0.434 e. The van der Waals surface area contributed by atoms with Crippen molar-refractivity contribution >= 4 is 23.4 Å². The van der Waals surface area contributed by atoms with Gasteiger partial charge in [-0.3, -0.25) is 0 Å². The molecule has 0 atom stereocenters. The zero-order valence-electron chi connectivity index (χ0n) is 22.9. The van der Waals surface area contributed by atoms with E-state index in [1.54, 1.807) is 6.92 Å². The van der Waals surface area contributed by atoms with E-state index in [0.29, 0.717) is 11.3 Å². The molecular weight excluding hydrogens is 609 g/mol. The van der Waals surface area contributed by atoms with Crippen LogP contribution in [-0.4, -0.2) is 45.6 Å². The van der Waals surface area contributed by atoms with Crippen molar-refractivity contribution in [3.8, 4) is 40.7 Å². The number of pyridine rings is 1. The number of hydrogen-bond donors (Lipinski definition) is 0. The summed E-state index contributed by atoms with van der Waals surface area (Å²) in [5, 5.41) is 9.84. The monoisotopic (exact) mass is 629 g/mol. The Balaban J connectivity index is 1.39. The maximum atomic E-state index is 15.2. The van der Waals surface area contributed by atoms with E-state index in [1.165, 1.54) is 25.8 Å². The van der Waals surface area contributed by atoms with Crippen molar-refractivity contribution < 1.29 is 30.9 Å². The van der Waals surface area contributed by atoms with Gasteiger partial charge in [0.25, 0.3) is 0 Å². The van der Waals surface area contributed by atoms with Gasteiger partial charge in [0, 0.05) is 36.6 Å². The van der Waals surface area contributed by atoms with Gasteiger partial charge in [-0.15, -0.1) is 3.89 Å². The molecule has 0 aromatic carbocycles. The van der Waals surface area contributed by atoms with E-state index < -0.39 is 17.7 Å². The number of imidazole rings is 1. The van der Waals surface area contributed by atoms with Gasteiger partial charge in [0.05, 0.1) is 23.8 Å². The quantitative estimate of drug-likeness (QED) is 0.178. The van der Waals surface area contributed by atoms with E-state index in [4.69, 9.17) is 9.47 Å². The van der Waals surface area contributed by atoms with Crippen LogP contribution in [0.5, 0.6) is 11.8 Å². The molecule has 0 saturated heterocycles. The first-order valence-electron chi connectivity index (χ1n) is 13.1. The van der Waals surface area contributed by atoms with E-state index in [-0.39, 0.29) is 82.7 Å². The molecule has 0 amide bonds. The van der Waals surface area contributed by atoms with Gasteiger partial charge in [-0.2, -0.15) is 23.4 Å². The molecule has 5 heterocycles. The van der Waals surface area contributed by atoms with Crippen LogP contribution in [-0.2, 0) is 19.3 Å². The summed E-state index contributed by atoms with van der Waals surface area (Å²) >= 11 is -0.179. The summed E-state index contributed by atoms with van der Waals surface area (Å²) in [4.78, 5) is 25.2. The minimum Gasteiger partial charge on any atom is -0.480 e. The molecule has 44 heavy (non-hydrogen) atoms. The van der Waals surface area contributed by atoms with Crippen LogP contribution < -0.4 is 9.47 Å². The van der Waals surface area contributed by atoms with Crippen molar-refractivity contribution in [2.45, 2.75) is 45.0 Å². The molecule has 1 aliphatic carbocycles. The molecule has 226 valence electrons. The summed E-state index contributed by atoms with van der Waals surface area (Å²) in [5.74, 6) is -0.919. The molecule has 11 nitrogen and oxygen atoms in total. The van der Waals surface area contributed by atoms with Crippen molar-refractivity contribution in [1.29, 1.82) is 5.26 Å². The third-order valence-corrected chi connectivity index (χ3v) is 7.32. The number of rotatable bonds is 9. The minimum absolute atomic E-state index is 0.0249. The Hall–Kier alpha value is -4.85. The zero-order chi connectivity index (χ0) is 31.2. The number of hydrogen-bond acceptors (Lipinski definition) is 10. The van der Waals surface area contributed by atoms with E-state index in [2.05, 4.69) is 29.9 Å². The van der Waals surface area contributed by atoms with Gasteiger partial charge < -0.3 is 14.0 Å². The lowest BCUT2D eigenvalue weighted by atomic mass is 10.1. The lowest BCUT2D eigenvalue weighted by Gasteiger charge is -2.13. The van der Waals surface area contributed by atoms with Crippen molar-refractivity contribution in [1.82, 2.24) is 38.4 Å². The molecular formula is C27H20F5N9O2S. The number of halogens is 5. The largest absolute Gasteiger partial charge is 0.480 e. The number of fused-ring (bicyclic) bond motifs is 1. The molecule has 5 aromatic rings. The highest BCUT2D eigenvalue weighted by atomic mass is 32.2.